The molecule has 0 N–H and O–H groups in total. The van der Waals surface area contributed by atoms with Gasteiger partial charge in [0.25, 0.3) is 0 Å². The molecule has 12 rings (SSSR count). The van der Waals surface area contributed by atoms with Gasteiger partial charge in [0.15, 0.2) is 0 Å². The van der Waals surface area contributed by atoms with Gasteiger partial charge in [-0.05, 0) is 99.2 Å². The van der Waals surface area contributed by atoms with E-state index >= 15 is 0 Å². The summed E-state index contributed by atoms with van der Waals surface area (Å²) in [5.74, 6) is 5.06. The first-order valence-electron chi connectivity index (χ1n) is 21.7. The summed E-state index contributed by atoms with van der Waals surface area (Å²) in [6, 6.07) is 36.4. The van der Waals surface area contributed by atoms with Gasteiger partial charge in [-0.1, -0.05) is 85.6 Å². The third kappa shape index (κ3) is 7.28. The van der Waals surface area contributed by atoms with E-state index in [1.807, 2.05) is 45.3 Å². The minimum Gasteiger partial charge on any atom is -0.344 e. The normalized spacial score (nSPS) is 13.9. The maximum absolute atomic E-state index is 2.53. The van der Waals surface area contributed by atoms with Crippen molar-refractivity contribution in [2.75, 3.05) is 0 Å². The smallest absolute Gasteiger partial charge is 0.0703 e. The Kier molecular flexibility index (Phi) is 11.0. The molecule has 2 nitrogen and oxygen atoms in total. The Hall–Kier alpha value is -4.18. The third-order valence-electron chi connectivity index (χ3n) is 13.2. The zero-order valence-corrected chi connectivity index (χ0v) is 44.1. The van der Waals surface area contributed by atoms with Gasteiger partial charge in [0.2, 0.25) is 0 Å². The molecule has 1 aliphatic heterocycles. The Labute approximate surface area is 386 Å². The number of aryl methyl sites for hydroxylation is 10. The molecular weight excluding hydrogens is 889 g/mol. The van der Waals surface area contributed by atoms with Crippen LogP contribution in [0.1, 0.15) is 66.7 Å². The van der Waals surface area contributed by atoms with Gasteiger partial charge in [-0.2, -0.15) is 0 Å². The minimum absolute atomic E-state index is 0.142. The van der Waals surface area contributed by atoms with Gasteiger partial charge in [0, 0.05) is 51.1 Å². The first-order chi connectivity index (χ1) is 29.3. The fourth-order valence-corrected chi connectivity index (χ4v) is 24.1. The first kappa shape index (κ1) is 43.1. The predicted molar refractivity (Wildman–Crippen MR) is 283 cm³/mol. The van der Waals surface area contributed by atoms with E-state index in [1.165, 1.54) is 106 Å². The average Bonchev–Trinajstić information content (AvgIpc) is 4.10. The van der Waals surface area contributed by atoms with Crippen molar-refractivity contribution in [1.82, 2.24) is 9.13 Å². The summed E-state index contributed by atoms with van der Waals surface area (Å²) in [6.45, 7) is 22.1. The first-order valence-corrected chi connectivity index (χ1v) is 31.2. The second-order valence-electron chi connectivity index (χ2n) is 18.8. The van der Waals surface area contributed by atoms with Crippen LogP contribution in [0, 0.1) is 55.4 Å². The molecular formula is C55H58GeN2S4. The van der Waals surface area contributed by atoms with E-state index in [0.717, 1.165) is 0 Å². The van der Waals surface area contributed by atoms with E-state index in [9.17, 15) is 0 Å². The van der Waals surface area contributed by atoms with Crippen LogP contribution < -0.4 is 8.79 Å². The van der Waals surface area contributed by atoms with Gasteiger partial charge >= 0.3 is 102 Å². The van der Waals surface area contributed by atoms with Crippen molar-refractivity contribution >= 4 is 110 Å². The molecule has 62 heavy (non-hydrogen) atoms. The van der Waals surface area contributed by atoms with Crippen molar-refractivity contribution in [3.8, 4) is 20.9 Å². The maximum Gasteiger partial charge on any atom is 0.0703 e. The van der Waals surface area contributed by atoms with E-state index < -0.39 is 13.3 Å². The number of fused-ring (bicyclic) bond motifs is 12. The molecule has 0 bridgehead atoms. The third-order valence-corrected chi connectivity index (χ3v) is 25.7. The minimum atomic E-state index is -1.86. The van der Waals surface area contributed by atoms with Crippen molar-refractivity contribution in [3.05, 3.63) is 150 Å². The van der Waals surface area contributed by atoms with Crippen molar-refractivity contribution in [3.63, 3.8) is 0 Å². The Morgan fingerprint density at radius 3 is 1.19 bits per heavy atom. The molecule has 316 valence electrons. The number of rotatable bonds is 0. The maximum atomic E-state index is 2.53. The molecule has 0 radical (unpaired) electrons. The predicted octanol–water partition coefficient (Wildman–Crippen LogP) is 15.9. The summed E-state index contributed by atoms with van der Waals surface area (Å²) in [4.78, 5) is 8.97. The standard InChI is InChI=1S/C17H18.C15H15N.C12H14GeS2.C11H11NS2/c1-11-5-7-13-14-8-6-12(2)10-16(14)17(3,4)15(13)9-11;1-10-4-6-12-13-7-5-11(2)9-15(13)16(3)14(12)8-10;1-7-5-9-11(14-7)12-10(13(9,3)4)6-8(2)15-12;1-6-4-8-10(13-6)11-9(12(8)3)5-7(2)14-11/h5-10H,1-4H3;4-9H,1-3H3;5-6H,1-4H3;4-5H,1-3H3. The van der Waals surface area contributed by atoms with Gasteiger partial charge in [0.05, 0.1) is 20.4 Å². The molecule has 2 aliphatic rings. The summed E-state index contributed by atoms with van der Waals surface area (Å²) < 4.78 is 10.9. The summed E-state index contributed by atoms with van der Waals surface area (Å²) in [5, 5.41) is 2.70. The zero-order chi connectivity index (χ0) is 44.2. The van der Waals surface area contributed by atoms with Gasteiger partial charge in [0.1, 0.15) is 0 Å². The van der Waals surface area contributed by atoms with Crippen LogP contribution in [0.15, 0.2) is 97.1 Å². The number of hydrogen-bond donors (Lipinski definition) is 0. The molecule has 0 saturated heterocycles. The quantitative estimate of drug-likeness (QED) is 0.134. The van der Waals surface area contributed by atoms with Crippen LogP contribution in [0.2, 0.25) is 11.5 Å². The summed E-state index contributed by atoms with van der Waals surface area (Å²) in [6.07, 6.45) is 0. The van der Waals surface area contributed by atoms with Crippen LogP contribution >= 0.6 is 45.3 Å². The fourth-order valence-electron chi connectivity index (χ4n) is 9.78. The SMILES string of the molecule is Cc1c[c]2c(s1)-c1sc(C)c[c]1[Ge]2([CH3])[CH3].Cc1cc2c(s1)c1sc(C)cc1n2C.Cc1ccc2c(c1)C(C)(C)c1cc(C)ccc1-2.Cc1ccc2c3ccc(C)cc3n(C)c2c1. The molecule has 4 aromatic carbocycles. The number of nitrogens with zero attached hydrogens (tertiary/aromatic N) is 2. The van der Waals surface area contributed by atoms with E-state index in [0.29, 0.717) is 0 Å². The van der Waals surface area contributed by atoms with Crippen molar-refractivity contribution < 1.29 is 0 Å². The van der Waals surface area contributed by atoms with E-state index in [2.05, 4.69) is 201 Å². The van der Waals surface area contributed by atoms with Crippen molar-refractivity contribution in [2.24, 2.45) is 14.1 Å². The monoisotopic (exact) mass is 948 g/mol. The Morgan fingerprint density at radius 1 is 0.419 bits per heavy atom. The molecule has 1 aliphatic carbocycles. The van der Waals surface area contributed by atoms with Gasteiger partial charge < -0.3 is 9.13 Å². The molecule has 0 amide bonds. The fraction of sp³-hybridized carbons (Fsp3) is 0.273. The van der Waals surface area contributed by atoms with Crippen LogP contribution in [0.4, 0.5) is 0 Å². The number of aromatic nitrogens is 2. The molecule has 0 atom stereocenters. The van der Waals surface area contributed by atoms with Crippen molar-refractivity contribution in [1.29, 1.82) is 0 Å². The number of benzene rings is 4. The number of thiophene rings is 4. The van der Waals surface area contributed by atoms with Crippen molar-refractivity contribution in [2.45, 2.75) is 86.2 Å². The van der Waals surface area contributed by atoms with Gasteiger partial charge in [-0.3, -0.25) is 0 Å². The van der Waals surface area contributed by atoms with Crippen LogP contribution in [0.25, 0.3) is 63.1 Å². The van der Waals surface area contributed by atoms with Gasteiger partial charge in [-0.15, -0.1) is 22.7 Å². The number of hydrogen-bond acceptors (Lipinski definition) is 4. The second kappa shape index (κ2) is 15.8. The molecule has 0 fully saturated rings. The molecule has 10 aromatic rings. The van der Waals surface area contributed by atoms with Crippen LogP contribution in [0.5, 0.6) is 0 Å². The second-order valence-corrected chi connectivity index (χ2v) is 33.0. The van der Waals surface area contributed by atoms with Crippen LogP contribution in [0.3, 0.4) is 0 Å². The van der Waals surface area contributed by atoms with E-state index in [-0.39, 0.29) is 5.41 Å². The van der Waals surface area contributed by atoms with Crippen LogP contribution in [-0.4, -0.2) is 22.4 Å². The molecule has 7 heterocycles. The molecule has 7 heteroatoms. The Balaban J connectivity index is 0.000000106. The largest absolute Gasteiger partial charge is 0.344 e. The van der Waals surface area contributed by atoms with E-state index in [4.69, 9.17) is 0 Å². The Bertz CT molecular complexity index is 3150. The Morgan fingerprint density at radius 2 is 0.774 bits per heavy atom. The summed E-state index contributed by atoms with van der Waals surface area (Å²) in [7, 11) is 4.30. The van der Waals surface area contributed by atoms with E-state index in [1.54, 1.807) is 18.5 Å². The zero-order valence-electron chi connectivity index (χ0n) is 38.8. The molecule has 0 unspecified atom stereocenters. The molecule has 0 saturated carbocycles. The average molecular weight is 948 g/mol. The topological polar surface area (TPSA) is 9.86 Å². The van der Waals surface area contributed by atoms with Crippen LogP contribution in [-0.2, 0) is 19.5 Å². The summed E-state index contributed by atoms with van der Waals surface area (Å²) in [5.41, 5.74) is 16.6. The molecule has 6 aromatic heterocycles. The summed E-state index contributed by atoms with van der Waals surface area (Å²) >= 11 is 5.94. The van der Waals surface area contributed by atoms with Gasteiger partial charge in [-0.25, -0.2) is 0 Å². The molecule has 0 spiro atoms.